The smallest absolute Gasteiger partial charge is 0.410 e. The van der Waals surface area contributed by atoms with Gasteiger partial charge in [0.1, 0.15) is 5.75 Å². The Hall–Kier alpha value is -1.79. The summed E-state index contributed by atoms with van der Waals surface area (Å²) in [6, 6.07) is 4.39. The van der Waals surface area contributed by atoms with Crippen molar-refractivity contribution < 1.29 is 14.3 Å². The van der Waals surface area contributed by atoms with Gasteiger partial charge >= 0.3 is 6.09 Å². The van der Waals surface area contributed by atoms with Crippen LogP contribution in [-0.2, 0) is 17.7 Å². The Morgan fingerprint density at radius 1 is 1.28 bits per heavy atom. The van der Waals surface area contributed by atoms with E-state index in [2.05, 4.69) is 29.3 Å². The average molecular weight is 347 g/mol. The first kappa shape index (κ1) is 18.0. The number of rotatable bonds is 4. The molecule has 2 aliphatic rings. The molecule has 1 N–H and O–H groups in total. The molecular weight excluding hydrogens is 318 g/mol. The van der Waals surface area contributed by atoms with Crippen LogP contribution in [0, 0.1) is 0 Å². The summed E-state index contributed by atoms with van der Waals surface area (Å²) in [7, 11) is 1.72. The second-order valence-electron chi connectivity index (χ2n) is 6.71. The highest BCUT2D eigenvalue weighted by molar-refractivity contribution is 5.69. The van der Waals surface area contributed by atoms with Gasteiger partial charge in [-0.05, 0) is 37.5 Å². The topological polar surface area (TPSA) is 54.0 Å². The first-order valence-corrected chi connectivity index (χ1v) is 9.20. The van der Waals surface area contributed by atoms with E-state index in [0.717, 1.165) is 44.9 Å². The van der Waals surface area contributed by atoms with Crippen molar-refractivity contribution in [3.63, 3.8) is 0 Å². The van der Waals surface area contributed by atoms with E-state index < -0.39 is 0 Å². The highest BCUT2D eigenvalue weighted by Gasteiger charge is 2.30. The van der Waals surface area contributed by atoms with Crippen LogP contribution in [0.25, 0.3) is 0 Å². The number of fused-ring (bicyclic) bond motifs is 1. The molecule has 2 aliphatic heterocycles. The zero-order chi connectivity index (χ0) is 17.8. The Bertz CT molecular complexity index is 614. The quantitative estimate of drug-likeness (QED) is 0.905. The molecule has 0 spiro atoms. The molecule has 1 saturated heterocycles. The zero-order valence-electron chi connectivity index (χ0n) is 15.5. The van der Waals surface area contributed by atoms with Crippen LogP contribution < -0.4 is 10.1 Å². The van der Waals surface area contributed by atoms with Crippen LogP contribution in [0.5, 0.6) is 5.75 Å². The molecule has 1 aromatic carbocycles. The molecule has 1 amide bonds. The van der Waals surface area contributed by atoms with E-state index in [1.165, 1.54) is 16.7 Å². The van der Waals surface area contributed by atoms with E-state index in [1.807, 2.05) is 6.92 Å². The number of hydrogen-bond donors (Lipinski definition) is 1. The van der Waals surface area contributed by atoms with Crippen LogP contribution in [0.2, 0.25) is 0 Å². The Kier molecular flexibility index (Phi) is 5.81. The van der Waals surface area contributed by atoms with Gasteiger partial charge in [0.15, 0.2) is 0 Å². The molecule has 0 aliphatic carbocycles. The Balaban J connectivity index is 1.82. The minimum Gasteiger partial charge on any atom is -0.496 e. The molecule has 25 heavy (non-hydrogen) atoms. The first-order chi connectivity index (χ1) is 12.1. The number of piperazine rings is 1. The van der Waals surface area contributed by atoms with E-state index >= 15 is 0 Å². The number of hydrogen-bond acceptors (Lipinski definition) is 5. The van der Waals surface area contributed by atoms with E-state index in [9.17, 15) is 4.79 Å². The first-order valence-electron chi connectivity index (χ1n) is 9.20. The highest BCUT2D eigenvalue weighted by Crippen LogP contribution is 2.35. The Labute approximate surface area is 150 Å². The summed E-state index contributed by atoms with van der Waals surface area (Å²) in [6.45, 7) is 10.1. The molecule has 138 valence electrons. The number of methoxy groups -OCH3 is 1. The van der Waals surface area contributed by atoms with E-state index in [1.54, 1.807) is 12.0 Å². The largest absolute Gasteiger partial charge is 0.496 e. The van der Waals surface area contributed by atoms with Gasteiger partial charge in [0.25, 0.3) is 0 Å². The lowest BCUT2D eigenvalue weighted by atomic mass is 9.91. The fourth-order valence-corrected chi connectivity index (χ4v) is 3.78. The van der Waals surface area contributed by atoms with Crippen molar-refractivity contribution in [1.29, 1.82) is 0 Å². The summed E-state index contributed by atoms with van der Waals surface area (Å²) >= 11 is 0. The van der Waals surface area contributed by atoms with Crippen LogP contribution >= 0.6 is 0 Å². The maximum atomic E-state index is 12.2. The van der Waals surface area contributed by atoms with Gasteiger partial charge in [0.05, 0.1) is 19.8 Å². The number of nitrogens with one attached hydrogen (secondary N) is 1. The number of carbonyl (C=O) groups excluding carboxylic acids is 1. The van der Waals surface area contributed by atoms with Crippen LogP contribution in [0.1, 0.15) is 36.6 Å². The fraction of sp³-hybridized carbons (Fsp3) is 0.632. The minimum atomic E-state index is -0.232. The van der Waals surface area contributed by atoms with Crippen molar-refractivity contribution in [2.24, 2.45) is 0 Å². The third-order valence-corrected chi connectivity index (χ3v) is 5.19. The molecule has 0 radical (unpaired) electrons. The van der Waals surface area contributed by atoms with Crippen molar-refractivity contribution in [3.05, 3.63) is 28.8 Å². The van der Waals surface area contributed by atoms with Gasteiger partial charge in [0.2, 0.25) is 0 Å². The lowest BCUT2D eigenvalue weighted by Gasteiger charge is -2.35. The third-order valence-electron chi connectivity index (χ3n) is 5.19. The van der Waals surface area contributed by atoms with E-state index in [-0.39, 0.29) is 12.1 Å². The van der Waals surface area contributed by atoms with Gasteiger partial charge in [-0.2, -0.15) is 0 Å². The average Bonchev–Trinajstić information content (AvgIpc) is 2.62. The van der Waals surface area contributed by atoms with Gasteiger partial charge in [-0.1, -0.05) is 6.07 Å². The normalized spacial score (nSPS) is 20.9. The van der Waals surface area contributed by atoms with Crippen molar-refractivity contribution in [2.75, 3.05) is 46.4 Å². The predicted octanol–water partition coefficient (Wildman–Crippen LogP) is 2.18. The number of carbonyl (C=O) groups is 1. The van der Waals surface area contributed by atoms with Crippen molar-refractivity contribution in [2.45, 2.75) is 32.9 Å². The second kappa shape index (κ2) is 8.06. The van der Waals surface area contributed by atoms with Crippen LogP contribution in [0.15, 0.2) is 12.1 Å². The number of amides is 1. The summed E-state index contributed by atoms with van der Waals surface area (Å²) in [4.78, 5) is 16.4. The third kappa shape index (κ3) is 3.90. The summed E-state index contributed by atoms with van der Waals surface area (Å²) in [5.41, 5.74) is 3.72. The summed E-state index contributed by atoms with van der Waals surface area (Å²) < 4.78 is 10.9. The lowest BCUT2D eigenvalue weighted by molar-refractivity contribution is 0.0900. The van der Waals surface area contributed by atoms with Crippen molar-refractivity contribution in [1.82, 2.24) is 15.1 Å². The monoisotopic (exact) mass is 347 g/mol. The standard InChI is InChI=1S/C19H29N3O3/c1-4-25-19(23)22-8-5-15-11-16(13-21-9-6-20-7-10-21)18(24-3)12-17(15)14(22)2/h11-12,14,20H,4-10,13H2,1-3H3. The second-order valence-corrected chi connectivity index (χ2v) is 6.71. The van der Waals surface area contributed by atoms with Gasteiger partial charge in [-0.3, -0.25) is 4.90 Å². The van der Waals surface area contributed by atoms with E-state index in [0.29, 0.717) is 13.2 Å². The predicted molar refractivity (Wildman–Crippen MR) is 97.0 cm³/mol. The molecule has 2 heterocycles. The van der Waals surface area contributed by atoms with Gasteiger partial charge in [0, 0.05) is 44.8 Å². The molecule has 6 nitrogen and oxygen atoms in total. The number of benzene rings is 1. The van der Waals surface area contributed by atoms with Gasteiger partial charge in [-0.15, -0.1) is 0 Å². The molecule has 0 bridgehead atoms. The maximum Gasteiger partial charge on any atom is 0.410 e. The summed E-state index contributed by atoms with van der Waals surface area (Å²) in [6.07, 6.45) is 0.626. The molecule has 0 aromatic heterocycles. The molecule has 6 heteroatoms. The molecule has 1 fully saturated rings. The van der Waals surface area contributed by atoms with Crippen molar-refractivity contribution in [3.8, 4) is 5.75 Å². The van der Waals surface area contributed by atoms with Crippen LogP contribution in [-0.4, -0.2) is 62.3 Å². The van der Waals surface area contributed by atoms with E-state index in [4.69, 9.17) is 9.47 Å². The summed E-state index contributed by atoms with van der Waals surface area (Å²) in [5, 5.41) is 3.39. The fourth-order valence-electron chi connectivity index (χ4n) is 3.78. The van der Waals surface area contributed by atoms with Crippen LogP contribution in [0.4, 0.5) is 4.79 Å². The van der Waals surface area contributed by atoms with Crippen molar-refractivity contribution >= 4 is 6.09 Å². The Morgan fingerprint density at radius 3 is 2.72 bits per heavy atom. The summed E-state index contributed by atoms with van der Waals surface area (Å²) in [5.74, 6) is 0.912. The SMILES string of the molecule is CCOC(=O)N1CCc2cc(CN3CCNCC3)c(OC)cc2C1C. The molecule has 3 rings (SSSR count). The Morgan fingerprint density at radius 2 is 2.04 bits per heavy atom. The molecular formula is C19H29N3O3. The number of ether oxygens (including phenoxy) is 2. The maximum absolute atomic E-state index is 12.2. The van der Waals surface area contributed by atoms with Gasteiger partial charge < -0.3 is 19.7 Å². The lowest BCUT2D eigenvalue weighted by Crippen LogP contribution is -2.43. The molecule has 1 unspecified atom stereocenters. The van der Waals surface area contributed by atoms with Crippen LogP contribution in [0.3, 0.4) is 0 Å². The minimum absolute atomic E-state index is 0.00457. The number of nitrogens with zero attached hydrogens (tertiary/aromatic N) is 2. The highest BCUT2D eigenvalue weighted by atomic mass is 16.6. The molecule has 0 saturated carbocycles. The van der Waals surface area contributed by atoms with Gasteiger partial charge in [-0.25, -0.2) is 4.79 Å². The molecule has 1 aromatic rings. The molecule has 1 atom stereocenters. The zero-order valence-corrected chi connectivity index (χ0v) is 15.5.